The summed E-state index contributed by atoms with van der Waals surface area (Å²) in [6.07, 6.45) is 1.61. The summed E-state index contributed by atoms with van der Waals surface area (Å²) in [6.45, 7) is 6.27. The maximum Gasteiger partial charge on any atom is 0.120 e. The fraction of sp³-hybridized carbons (Fsp3) is 0.417. The Morgan fingerprint density at radius 2 is 2.08 bits per heavy atom. The van der Waals surface area contributed by atoms with E-state index in [0.29, 0.717) is 12.3 Å². The van der Waals surface area contributed by atoms with Gasteiger partial charge in [-0.25, -0.2) is 0 Å². The largest absolute Gasteiger partial charge is 0.303 e. The molecule has 0 radical (unpaired) electrons. The van der Waals surface area contributed by atoms with Gasteiger partial charge >= 0.3 is 0 Å². The molecule has 0 heterocycles. The molecule has 1 unspecified atom stereocenters. The summed E-state index contributed by atoms with van der Waals surface area (Å²) in [5.41, 5.74) is 3.84. The van der Waals surface area contributed by atoms with E-state index in [1.54, 1.807) is 0 Å². The topological polar surface area (TPSA) is 17.1 Å². The lowest BCUT2D eigenvalue weighted by Crippen LogP contribution is -1.97. The van der Waals surface area contributed by atoms with Crippen LogP contribution in [0.15, 0.2) is 18.2 Å². The van der Waals surface area contributed by atoms with Crippen molar-refractivity contribution in [2.24, 2.45) is 0 Å². The normalized spacial score (nSPS) is 12.5. The number of rotatable bonds is 3. The summed E-state index contributed by atoms with van der Waals surface area (Å²) < 4.78 is 0. The minimum atomic E-state index is 0.345. The minimum Gasteiger partial charge on any atom is -0.303 e. The molecule has 0 saturated heterocycles. The molecule has 13 heavy (non-hydrogen) atoms. The van der Waals surface area contributed by atoms with E-state index >= 15 is 0 Å². The van der Waals surface area contributed by atoms with E-state index in [-0.39, 0.29) is 0 Å². The van der Waals surface area contributed by atoms with Crippen molar-refractivity contribution in [1.82, 2.24) is 0 Å². The summed E-state index contributed by atoms with van der Waals surface area (Å²) in [7, 11) is 0. The first-order chi connectivity index (χ1) is 6.15. The standard InChI is InChI=1S/C12H16O/c1-9-4-5-10(2)12(8-9)11(3)6-7-13/h4-5,7-8,11H,6H2,1-3H3. The second kappa shape index (κ2) is 4.22. The summed E-state index contributed by atoms with van der Waals surface area (Å²) in [4.78, 5) is 10.4. The van der Waals surface area contributed by atoms with Gasteiger partial charge in [0.15, 0.2) is 0 Å². The smallest absolute Gasteiger partial charge is 0.120 e. The van der Waals surface area contributed by atoms with Gasteiger partial charge in [-0.3, -0.25) is 0 Å². The lowest BCUT2D eigenvalue weighted by atomic mass is 9.93. The van der Waals surface area contributed by atoms with Crippen LogP contribution in [0.1, 0.15) is 36.0 Å². The molecule has 0 aliphatic carbocycles. The van der Waals surface area contributed by atoms with Crippen LogP contribution >= 0.6 is 0 Å². The Hall–Kier alpha value is -1.11. The van der Waals surface area contributed by atoms with Crippen LogP contribution in [0, 0.1) is 13.8 Å². The molecule has 1 aromatic rings. The molecule has 0 aliphatic heterocycles. The van der Waals surface area contributed by atoms with Gasteiger partial charge in [-0.1, -0.05) is 30.7 Å². The van der Waals surface area contributed by atoms with E-state index in [4.69, 9.17) is 0 Å². The molecule has 0 amide bonds. The van der Waals surface area contributed by atoms with Crippen molar-refractivity contribution in [3.8, 4) is 0 Å². The van der Waals surface area contributed by atoms with Gasteiger partial charge in [-0.05, 0) is 30.9 Å². The Morgan fingerprint density at radius 1 is 1.38 bits per heavy atom. The Morgan fingerprint density at radius 3 is 2.69 bits per heavy atom. The van der Waals surface area contributed by atoms with Crippen LogP contribution < -0.4 is 0 Å². The molecule has 0 bridgehead atoms. The van der Waals surface area contributed by atoms with Gasteiger partial charge < -0.3 is 4.79 Å². The highest BCUT2D eigenvalue weighted by molar-refractivity contribution is 5.52. The second-order valence-electron chi connectivity index (χ2n) is 3.66. The molecule has 1 rings (SSSR count). The average Bonchev–Trinajstić information content (AvgIpc) is 2.09. The number of aldehydes is 1. The molecule has 0 fully saturated rings. The molecule has 1 atom stereocenters. The third-order valence-electron chi connectivity index (χ3n) is 2.42. The van der Waals surface area contributed by atoms with Crippen LogP contribution in [0.2, 0.25) is 0 Å². The number of hydrogen-bond acceptors (Lipinski definition) is 1. The second-order valence-corrected chi connectivity index (χ2v) is 3.66. The van der Waals surface area contributed by atoms with Gasteiger partial charge in [0, 0.05) is 6.42 Å². The zero-order valence-corrected chi connectivity index (χ0v) is 8.50. The summed E-state index contributed by atoms with van der Waals surface area (Å²) in [5, 5.41) is 0. The van der Waals surface area contributed by atoms with E-state index in [0.717, 1.165) is 6.29 Å². The Balaban J connectivity index is 2.97. The first kappa shape index (κ1) is 9.97. The van der Waals surface area contributed by atoms with Crippen LogP contribution in [-0.4, -0.2) is 6.29 Å². The molecule has 1 heteroatoms. The minimum absolute atomic E-state index is 0.345. The highest BCUT2D eigenvalue weighted by Crippen LogP contribution is 2.22. The molecule has 0 spiro atoms. The highest BCUT2D eigenvalue weighted by atomic mass is 16.1. The number of hydrogen-bond donors (Lipinski definition) is 0. The average molecular weight is 176 g/mol. The molecule has 0 saturated carbocycles. The van der Waals surface area contributed by atoms with Crippen LogP contribution in [0.25, 0.3) is 0 Å². The van der Waals surface area contributed by atoms with Crippen LogP contribution in [0.4, 0.5) is 0 Å². The summed E-state index contributed by atoms with van der Waals surface area (Å²) in [6, 6.07) is 6.39. The van der Waals surface area contributed by atoms with Gasteiger partial charge in [0.1, 0.15) is 6.29 Å². The van der Waals surface area contributed by atoms with Gasteiger partial charge in [0.25, 0.3) is 0 Å². The molecule has 70 valence electrons. The lowest BCUT2D eigenvalue weighted by molar-refractivity contribution is -0.108. The SMILES string of the molecule is Cc1ccc(C)c(C(C)CC=O)c1. The monoisotopic (exact) mass is 176 g/mol. The van der Waals surface area contributed by atoms with Crippen molar-refractivity contribution < 1.29 is 4.79 Å². The Bertz CT molecular complexity index is 302. The van der Waals surface area contributed by atoms with Crippen LogP contribution in [0.5, 0.6) is 0 Å². The third-order valence-corrected chi connectivity index (χ3v) is 2.42. The summed E-state index contributed by atoms with van der Waals surface area (Å²) >= 11 is 0. The molecular formula is C12H16O. The fourth-order valence-corrected chi connectivity index (χ4v) is 1.56. The number of carbonyl (C=O) groups excluding carboxylic acids is 1. The fourth-order valence-electron chi connectivity index (χ4n) is 1.56. The predicted octanol–water partition coefficient (Wildman–Crippen LogP) is 3.00. The number of carbonyl (C=O) groups is 1. The van der Waals surface area contributed by atoms with Crippen molar-refractivity contribution in [1.29, 1.82) is 0 Å². The first-order valence-electron chi connectivity index (χ1n) is 4.66. The van der Waals surface area contributed by atoms with E-state index in [1.807, 2.05) is 0 Å². The number of aryl methyl sites for hydroxylation is 2. The van der Waals surface area contributed by atoms with E-state index < -0.39 is 0 Å². The van der Waals surface area contributed by atoms with Gasteiger partial charge in [-0.2, -0.15) is 0 Å². The quantitative estimate of drug-likeness (QED) is 0.647. The lowest BCUT2D eigenvalue weighted by Gasteiger charge is -2.12. The Kier molecular flexibility index (Phi) is 3.24. The van der Waals surface area contributed by atoms with Crippen molar-refractivity contribution in [2.75, 3.05) is 0 Å². The van der Waals surface area contributed by atoms with Crippen LogP contribution in [-0.2, 0) is 4.79 Å². The number of benzene rings is 1. The summed E-state index contributed by atoms with van der Waals surface area (Å²) in [5.74, 6) is 0.345. The zero-order chi connectivity index (χ0) is 9.84. The maximum atomic E-state index is 10.4. The third kappa shape index (κ3) is 2.41. The maximum absolute atomic E-state index is 10.4. The van der Waals surface area contributed by atoms with E-state index in [9.17, 15) is 4.79 Å². The molecule has 1 nitrogen and oxygen atoms in total. The first-order valence-corrected chi connectivity index (χ1v) is 4.66. The molecular weight excluding hydrogens is 160 g/mol. The van der Waals surface area contributed by atoms with Crippen molar-refractivity contribution >= 4 is 6.29 Å². The van der Waals surface area contributed by atoms with Gasteiger partial charge in [-0.15, -0.1) is 0 Å². The molecule has 0 N–H and O–H groups in total. The molecule has 1 aromatic carbocycles. The van der Waals surface area contributed by atoms with E-state index in [2.05, 4.69) is 39.0 Å². The predicted molar refractivity (Wildman–Crippen MR) is 55.0 cm³/mol. The van der Waals surface area contributed by atoms with Gasteiger partial charge in [0.05, 0.1) is 0 Å². The van der Waals surface area contributed by atoms with E-state index in [1.165, 1.54) is 16.7 Å². The highest BCUT2D eigenvalue weighted by Gasteiger charge is 2.07. The van der Waals surface area contributed by atoms with Gasteiger partial charge in [0.2, 0.25) is 0 Å². The molecule has 0 aliphatic rings. The van der Waals surface area contributed by atoms with Crippen molar-refractivity contribution in [2.45, 2.75) is 33.1 Å². The van der Waals surface area contributed by atoms with Crippen molar-refractivity contribution in [3.05, 3.63) is 34.9 Å². The Labute approximate surface area is 79.8 Å². The zero-order valence-electron chi connectivity index (χ0n) is 8.50. The molecule has 0 aromatic heterocycles. The van der Waals surface area contributed by atoms with Crippen molar-refractivity contribution in [3.63, 3.8) is 0 Å². The van der Waals surface area contributed by atoms with Crippen LogP contribution in [0.3, 0.4) is 0 Å².